The number of hydrogen-bond acceptors (Lipinski definition) is 3. The fourth-order valence-electron chi connectivity index (χ4n) is 3.31. The fraction of sp³-hybridized carbons (Fsp3) is 0.632. The highest BCUT2D eigenvalue weighted by Gasteiger charge is 2.26. The molecule has 1 aliphatic heterocycles. The van der Waals surface area contributed by atoms with Crippen LogP contribution >= 0.6 is 0 Å². The molecule has 0 radical (unpaired) electrons. The summed E-state index contributed by atoms with van der Waals surface area (Å²) in [5, 5.41) is 12.9. The lowest BCUT2D eigenvalue weighted by atomic mass is 10.0. The van der Waals surface area contributed by atoms with E-state index in [0.717, 1.165) is 25.9 Å². The zero-order valence-corrected chi connectivity index (χ0v) is 15.3. The lowest BCUT2D eigenvalue weighted by molar-refractivity contribution is 0.0520. The molecule has 24 heavy (non-hydrogen) atoms. The SMILES string of the molecule is CC(c1ccccc1)N1CCC(NC(=O)N(C)CC(C)(C)O)CC1. The number of likely N-dealkylation sites (tertiary alicyclic amines) is 1. The Bertz CT molecular complexity index is 519. The monoisotopic (exact) mass is 333 g/mol. The molecule has 1 aromatic rings. The zero-order valence-electron chi connectivity index (χ0n) is 15.3. The molecule has 2 N–H and O–H groups in total. The van der Waals surface area contributed by atoms with Gasteiger partial charge in [-0.25, -0.2) is 4.79 Å². The van der Waals surface area contributed by atoms with Gasteiger partial charge in [0.15, 0.2) is 0 Å². The highest BCUT2D eigenvalue weighted by molar-refractivity contribution is 5.74. The van der Waals surface area contributed by atoms with E-state index in [1.54, 1.807) is 25.8 Å². The van der Waals surface area contributed by atoms with Crippen LogP contribution < -0.4 is 5.32 Å². The van der Waals surface area contributed by atoms with E-state index in [1.807, 2.05) is 6.07 Å². The van der Waals surface area contributed by atoms with Crippen molar-refractivity contribution in [1.82, 2.24) is 15.1 Å². The van der Waals surface area contributed by atoms with Crippen LogP contribution in [0.25, 0.3) is 0 Å². The molecule has 1 aromatic carbocycles. The van der Waals surface area contributed by atoms with Gasteiger partial charge in [-0.05, 0) is 39.2 Å². The third kappa shape index (κ3) is 5.49. The van der Waals surface area contributed by atoms with Crippen molar-refractivity contribution in [3.05, 3.63) is 35.9 Å². The lowest BCUT2D eigenvalue weighted by Gasteiger charge is -2.37. The zero-order chi connectivity index (χ0) is 17.7. The molecular formula is C19H31N3O2. The summed E-state index contributed by atoms with van der Waals surface area (Å²) >= 11 is 0. The molecule has 0 spiro atoms. The number of rotatable bonds is 5. The van der Waals surface area contributed by atoms with Gasteiger partial charge in [-0.2, -0.15) is 0 Å². The molecule has 0 aromatic heterocycles. The molecule has 0 saturated carbocycles. The van der Waals surface area contributed by atoms with Gasteiger partial charge in [0, 0.05) is 32.2 Å². The second kappa shape index (κ2) is 7.99. The average Bonchev–Trinajstić information content (AvgIpc) is 2.54. The minimum absolute atomic E-state index is 0.105. The van der Waals surface area contributed by atoms with Crippen LogP contribution in [0.4, 0.5) is 4.79 Å². The lowest BCUT2D eigenvalue weighted by Crippen LogP contribution is -2.50. The quantitative estimate of drug-likeness (QED) is 0.871. The van der Waals surface area contributed by atoms with Gasteiger partial charge in [0.25, 0.3) is 0 Å². The van der Waals surface area contributed by atoms with Gasteiger partial charge in [0.2, 0.25) is 0 Å². The molecule has 1 aliphatic rings. The maximum atomic E-state index is 12.2. The summed E-state index contributed by atoms with van der Waals surface area (Å²) in [5.74, 6) is 0. The number of amides is 2. The maximum Gasteiger partial charge on any atom is 0.317 e. The molecule has 0 aliphatic carbocycles. The Kier molecular flexibility index (Phi) is 6.24. The molecule has 2 rings (SSSR count). The van der Waals surface area contributed by atoms with E-state index >= 15 is 0 Å². The van der Waals surface area contributed by atoms with E-state index < -0.39 is 5.60 Å². The molecule has 5 heteroatoms. The number of hydrogen-bond donors (Lipinski definition) is 2. The summed E-state index contributed by atoms with van der Waals surface area (Å²) in [6, 6.07) is 11.1. The molecule has 1 saturated heterocycles. The van der Waals surface area contributed by atoms with E-state index in [9.17, 15) is 9.90 Å². The summed E-state index contributed by atoms with van der Waals surface area (Å²) < 4.78 is 0. The van der Waals surface area contributed by atoms with Gasteiger partial charge in [0.05, 0.1) is 12.1 Å². The van der Waals surface area contributed by atoms with Gasteiger partial charge in [0.1, 0.15) is 0 Å². The van der Waals surface area contributed by atoms with Crippen LogP contribution in [0.5, 0.6) is 0 Å². The normalized spacial score (nSPS) is 18.2. The fourth-order valence-corrected chi connectivity index (χ4v) is 3.31. The number of likely N-dealkylation sites (N-methyl/N-ethyl adjacent to an activating group) is 1. The summed E-state index contributed by atoms with van der Waals surface area (Å²) in [4.78, 5) is 16.2. The number of nitrogens with zero attached hydrogens (tertiary/aromatic N) is 2. The molecule has 2 amide bonds. The van der Waals surface area contributed by atoms with E-state index in [0.29, 0.717) is 12.6 Å². The van der Waals surface area contributed by atoms with Crippen LogP contribution in [0.1, 0.15) is 45.2 Å². The van der Waals surface area contributed by atoms with Crippen molar-refractivity contribution in [2.45, 2.75) is 51.3 Å². The topological polar surface area (TPSA) is 55.8 Å². The standard InChI is InChI=1S/C19H31N3O2/c1-15(16-8-6-5-7-9-16)22-12-10-17(11-13-22)20-18(23)21(4)14-19(2,3)24/h5-9,15,17,24H,10-14H2,1-4H3,(H,20,23). The molecule has 134 valence electrons. The first kappa shape index (κ1) is 18.7. The third-order valence-electron chi connectivity index (χ3n) is 4.66. The first-order valence-electron chi connectivity index (χ1n) is 8.79. The van der Waals surface area contributed by atoms with Gasteiger partial charge in [-0.15, -0.1) is 0 Å². The highest BCUT2D eigenvalue weighted by atomic mass is 16.3. The summed E-state index contributed by atoms with van der Waals surface area (Å²) in [6.07, 6.45) is 1.92. The van der Waals surface area contributed by atoms with E-state index in [-0.39, 0.29) is 12.1 Å². The first-order valence-corrected chi connectivity index (χ1v) is 8.79. The summed E-state index contributed by atoms with van der Waals surface area (Å²) in [6.45, 7) is 7.95. The number of urea groups is 1. The van der Waals surface area contributed by atoms with Gasteiger partial charge in [-0.3, -0.25) is 4.90 Å². The van der Waals surface area contributed by atoms with Crippen LogP contribution in [0.3, 0.4) is 0 Å². The van der Waals surface area contributed by atoms with Crippen LogP contribution in [0.2, 0.25) is 0 Å². The highest BCUT2D eigenvalue weighted by Crippen LogP contribution is 2.24. The Morgan fingerprint density at radius 3 is 2.46 bits per heavy atom. The smallest absolute Gasteiger partial charge is 0.317 e. The molecule has 1 atom stereocenters. The van der Waals surface area contributed by atoms with Gasteiger partial charge in [-0.1, -0.05) is 30.3 Å². The Balaban J connectivity index is 1.79. The Labute approximate surface area is 145 Å². The molecule has 1 heterocycles. The van der Waals surface area contributed by atoms with Crippen molar-refractivity contribution in [2.75, 3.05) is 26.7 Å². The van der Waals surface area contributed by atoms with Crippen molar-refractivity contribution in [1.29, 1.82) is 0 Å². The largest absolute Gasteiger partial charge is 0.389 e. The second-order valence-electron chi connectivity index (χ2n) is 7.51. The predicted octanol–water partition coefficient (Wildman–Crippen LogP) is 2.62. The van der Waals surface area contributed by atoms with Crippen molar-refractivity contribution >= 4 is 6.03 Å². The molecule has 1 fully saturated rings. The first-order chi connectivity index (χ1) is 11.3. The number of piperidine rings is 1. The molecule has 0 bridgehead atoms. The van der Waals surface area contributed by atoms with E-state index in [4.69, 9.17) is 0 Å². The van der Waals surface area contributed by atoms with E-state index in [2.05, 4.69) is 41.4 Å². The van der Waals surface area contributed by atoms with Gasteiger partial charge < -0.3 is 15.3 Å². The number of aliphatic hydroxyl groups is 1. The molecular weight excluding hydrogens is 302 g/mol. The van der Waals surface area contributed by atoms with Crippen molar-refractivity contribution in [2.24, 2.45) is 0 Å². The minimum Gasteiger partial charge on any atom is -0.389 e. The van der Waals surface area contributed by atoms with Crippen LogP contribution in [-0.2, 0) is 0 Å². The number of benzene rings is 1. The van der Waals surface area contributed by atoms with Crippen molar-refractivity contribution in [3.8, 4) is 0 Å². The summed E-state index contributed by atoms with van der Waals surface area (Å²) in [5.41, 5.74) is 0.463. The minimum atomic E-state index is -0.874. The summed E-state index contributed by atoms with van der Waals surface area (Å²) in [7, 11) is 1.72. The molecule has 5 nitrogen and oxygen atoms in total. The maximum absolute atomic E-state index is 12.2. The Morgan fingerprint density at radius 2 is 1.92 bits per heavy atom. The second-order valence-corrected chi connectivity index (χ2v) is 7.51. The average molecular weight is 333 g/mol. The number of nitrogens with one attached hydrogen (secondary N) is 1. The Morgan fingerprint density at radius 1 is 1.33 bits per heavy atom. The predicted molar refractivity (Wildman–Crippen MR) is 96.9 cm³/mol. The van der Waals surface area contributed by atoms with Crippen LogP contribution in [0.15, 0.2) is 30.3 Å². The van der Waals surface area contributed by atoms with Crippen molar-refractivity contribution in [3.63, 3.8) is 0 Å². The van der Waals surface area contributed by atoms with Crippen molar-refractivity contribution < 1.29 is 9.90 Å². The van der Waals surface area contributed by atoms with Crippen LogP contribution in [0, 0.1) is 0 Å². The van der Waals surface area contributed by atoms with Gasteiger partial charge >= 0.3 is 6.03 Å². The number of carbonyl (C=O) groups excluding carboxylic acids is 1. The molecule has 1 unspecified atom stereocenters. The third-order valence-corrected chi connectivity index (χ3v) is 4.66. The number of carbonyl (C=O) groups is 1. The Hall–Kier alpha value is -1.59. The van der Waals surface area contributed by atoms with Crippen LogP contribution in [-0.4, -0.2) is 59.3 Å². The van der Waals surface area contributed by atoms with E-state index in [1.165, 1.54) is 5.56 Å².